The molecule has 5 nitrogen and oxygen atoms in total. The van der Waals surface area contributed by atoms with Crippen LogP contribution in [0.4, 0.5) is 0 Å². The lowest BCUT2D eigenvalue weighted by atomic mass is 10.1. The minimum atomic E-state index is -4.22. The fourth-order valence-electron chi connectivity index (χ4n) is 1.83. The largest absolute Gasteiger partial charge is 0.449 e. The molecule has 3 rings (SSSR count). The van der Waals surface area contributed by atoms with Gasteiger partial charge in [0.1, 0.15) is 0 Å². The van der Waals surface area contributed by atoms with Crippen LogP contribution in [0.3, 0.4) is 0 Å². The van der Waals surface area contributed by atoms with Crippen molar-refractivity contribution in [2.75, 3.05) is 0 Å². The Balaban J connectivity index is 2.27. The van der Waals surface area contributed by atoms with Crippen LogP contribution in [-0.2, 0) is 16.5 Å². The van der Waals surface area contributed by atoms with E-state index in [1.165, 1.54) is 0 Å². The summed E-state index contributed by atoms with van der Waals surface area (Å²) in [5, 5.41) is 0. The molecule has 90 valence electrons. The second-order valence-corrected chi connectivity index (χ2v) is 6.46. The Hall–Kier alpha value is -1.18. The smallest absolute Gasteiger partial charge is 0.322 e. The van der Waals surface area contributed by atoms with Gasteiger partial charge in [0.2, 0.25) is 4.34 Å². The van der Waals surface area contributed by atoms with E-state index in [1.807, 2.05) is 6.92 Å². The number of hydrogen-bond acceptors (Lipinski definition) is 5. The van der Waals surface area contributed by atoms with Gasteiger partial charge in [-0.15, -0.1) is 11.3 Å². The van der Waals surface area contributed by atoms with Crippen molar-refractivity contribution < 1.29 is 17.7 Å². The van der Waals surface area contributed by atoms with Crippen molar-refractivity contribution in [1.29, 1.82) is 0 Å². The molecule has 0 atom stereocenters. The van der Waals surface area contributed by atoms with Crippen LogP contribution >= 0.6 is 11.3 Å². The number of nitrogens with zero attached hydrogens (tertiary/aromatic N) is 1. The number of hydrogen-bond donors (Lipinski definition) is 1. The maximum Gasteiger partial charge on any atom is 0.322 e. The first-order valence-electron chi connectivity index (χ1n) is 5.12. The van der Waals surface area contributed by atoms with Crippen molar-refractivity contribution in [2.24, 2.45) is 0 Å². The molecule has 0 fully saturated rings. The number of aromatic nitrogens is 1. The first-order valence-corrected chi connectivity index (χ1v) is 7.38. The SMILES string of the molecule is CCCc1c2c(cc3sc(S(=O)(=O)O)nc13)O2. The minimum absolute atomic E-state index is 0.255. The van der Waals surface area contributed by atoms with E-state index in [0.717, 1.165) is 45.9 Å². The molecule has 7 heteroatoms. The van der Waals surface area contributed by atoms with Crippen LogP contribution in [0.25, 0.3) is 10.2 Å². The molecular formula is C10H9NO4S2. The molecule has 0 unspecified atom stereocenters. The molecule has 0 saturated carbocycles. The third-order valence-electron chi connectivity index (χ3n) is 2.57. The van der Waals surface area contributed by atoms with Gasteiger partial charge in [-0.05, 0) is 6.42 Å². The lowest BCUT2D eigenvalue weighted by Crippen LogP contribution is -1.96. The van der Waals surface area contributed by atoms with E-state index >= 15 is 0 Å². The zero-order valence-electron chi connectivity index (χ0n) is 8.93. The van der Waals surface area contributed by atoms with Crippen LogP contribution in [0.2, 0.25) is 0 Å². The molecule has 1 aromatic heterocycles. The summed E-state index contributed by atoms with van der Waals surface area (Å²) in [7, 11) is -4.22. The second-order valence-electron chi connectivity index (χ2n) is 3.84. The number of aryl methyl sites for hydroxylation is 1. The van der Waals surface area contributed by atoms with E-state index in [-0.39, 0.29) is 4.34 Å². The first kappa shape index (κ1) is 10.9. The monoisotopic (exact) mass is 271 g/mol. The third kappa shape index (κ3) is 1.70. The molecule has 0 spiro atoms. The van der Waals surface area contributed by atoms with Crippen LogP contribution in [0.5, 0.6) is 11.5 Å². The molecule has 0 amide bonds. The van der Waals surface area contributed by atoms with Crippen molar-refractivity contribution in [3.05, 3.63) is 11.6 Å². The summed E-state index contributed by atoms with van der Waals surface area (Å²) in [6.45, 7) is 2.03. The highest BCUT2D eigenvalue weighted by atomic mass is 32.3. The van der Waals surface area contributed by atoms with Gasteiger partial charge < -0.3 is 4.74 Å². The van der Waals surface area contributed by atoms with Crippen molar-refractivity contribution in [3.8, 4) is 11.5 Å². The fourth-order valence-corrected chi connectivity index (χ4v) is 3.49. The maximum absolute atomic E-state index is 11.0. The first-order chi connectivity index (χ1) is 8.00. The van der Waals surface area contributed by atoms with E-state index in [4.69, 9.17) is 9.29 Å². The summed E-state index contributed by atoms with van der Waals surface area (Å²) in [5.41, 5.74) is 1.56. The van der Waals surface area contributed by atoms with E-state index in [0.29, 0.717) is 5.52 Å². The summed E-state index contributed by atoms with van der Waals surface area (Å²) in [4.78, 5) is 4.00. The predicted octanol–water partition coefficient (Wildman–Crippen LogP) is 2.60. The average Bonchev–Trinajstić information content (AvgIpc) is 2.85. The zero-order valence-corrected chi connectivity index (χ0v) is 10.6. The quantitative estimate of drug-likeness (QED) is 0.585. The normalized spacial score (nSPS) is 13.5. The molecule has 1 aliphatic heterocycles. The molecule has 1 aliphatic rings. The van der Waals surface area contributed by atoms with Gasteiger partial charge in [0.25, 0.3) is 0 Å². The lowest BCUT2D eigenvalue weighted by Gasteiger charge is -1.94. The lowest BCUT2D eigenvalue weighted by molar-refractivity contribution is 0.482. The molecule has 0 aliphatic carbocycles. The predicted molar refractivity (Wildman–Crippen MR) is 63.5 cm³/mol. The van der Waals surface area contributed by atoms with Gasteiger partial charge >= 0.3 is 10.1 Å². The molecule has 2 heterocycles. The van der Waals surface area contributed by atoms with Crippen molar-refractivity contribution >= 4 is 31.7 Å². The third-order valence-corrected chi connectivity index (χ3v) is 4.78. The van der Waals surface area contributed by atoms with E-state index in [2.05, 4.69) is 4.98 Å². The van der Waals surface area contributed by atoms with Gasteiger partial charge in [0.05, 0.1) is 10.2 Å². The van der Waals surface area contributed by atoms with Crippen molar-refractivity contribution in [3.63, 3.8) is 0 Å². The molecular weight excluding hydrogens is 262 g/mol. The van der Waals surface area contributed by atoms with Gasteiger partial charge in [0.15, 0.2) is 11.5 Å². The highest BCUT2D eigenvalue weighted by Gasteiger charge is 2.29. The standard InChI is InChI=1S/C10H9NO4S2/c1-2-3-5-8-7(4-6-9(5)15-6)16-10(11-8)17(12,13)14/h4H,2-3H2,1H3,(H,12,13,14). The van der Waals surface area contributed by atoms with Crippen LogP contribution in [0.15, 0.2) is 10.4 Å². The molecule has 0 bridgehead atoms. The highest BCUT2D eigenvalue weighted by Crippen LogP contribution is 2.52. The Bertz CT molecular complexity index is 717. The second kappa shape index (κ2) is 3.41. The highest BCUT2D eigenvalue weighted by molar-refractivity contribution is 7.88. The van der Waals surface area contributed by atoms with Gasteiger partial charge in [-0.25, -0.2) is 4.98 Å². The maximum atomic E-state index is 11.0. The average molecular weight is 271 g/mol. The molecule has 0 radical (unpaired) electrons. The van der Waals surface area contributed by atoms with Crippen LogP contribution in [0.1, 0.15) is 18.9 Å². The Labute approximate surface area is 102 Å². The summed E-state index contributed by atoms with van der Waals surface area (Å²) < 4.78 is 36.9. The molecule has 1 aromatic carbocycles. The molecule has 1 N–H and O–H groups in total. The minimum Gasteiger partial charge on any atom is -0.449 e. The summed E-state index contributed by atoms with van der Waals surface area (Å²) in [6, 6.07) is 1.76. The molecule has 0 saturated heterocycles. The van der Waals surface area contributed by atoms with Gasteiger partial charge in [-0.2, -0.15) is 8.42 Å². The number of thiazole rings is 1. The summed E-state index contributed by atoms with van der Waals surface area (Å²) in [5.74, 6) is 1.60. The Kier molecular flexibility index (Phi) is 2.19. The zero-order chi connectivity index (χ0) is 12.2. The topological polar surface area (TPSA) is 79.8 Å². The van der Waals surface area contributed by atoms with Crippen molar-refractivity contribution in [2.45, 2.75) is 24.1 Å². The van der Waals surface area contributed by atoms with E-state index in [1.54, 1.807) is 6.07 Å². The van der Waals surface area contributed by atoms with Crippen LogP contribution in [-0.4, -0.2) is 18.0 Å². The van der Waals surface area contributed by atoms with Gasteiger partial charge in [-0.3, -0.25) is 4.55 Å². The Morgan fingerprint density at radius 1 is 1.53 bits per heavy atom. The summed E-state index contributed by atoms with van der Waals surface area (Å²) >= 11 is 0.963. The Morgan fingerprint density at radius 2 is 2.29 bits per heavy atom. The van der Waals surface area contributed by atoms with Gasteiger partial charge in [0, 0.05) is 11.6 Å². The fraction of sp³-hybridized carbons (Fsp3) is 0.300. The molecule has 2 aromatic rings. The van der Waals surface area contributed by atoms with Crippen molar-refractivity contribution in [1.82, 2.24) is 4.98 Å². The Morgan fingerprint density at radius 3 is 2.94 bits per heavy atom. The molecule has 17 heavy (non-hydrogen) atoms. The number of fused-ring (bicyclic) bond motifs is 2. The summed E-state index contributed by atoms with van der Waals surface area (Å²) in [6.07, 6.45) is 1.71. The van der Waals surface area contributed by atoms with Crippen LogP contribution < -0.4 is 4.74 Å². The number of benzene rings is 1. The number of ether oxygens (including phenoxy) is 1. The van der Waals surface area contributed by atoms with E-state index < -0.39 is 10.1 Å². The van der Waals surface area contributed by atoms with Gasteiger partial charge in [-0.1, -0.05) is 13.3 Å². The van der Waals surface area contributed by atoms with E-state index in [9.17, 15) is 8.42 Å². The number of rotatable bonds is 3. The van der Waals surface area contributed by atoms with Crippen LogP contribution in [0, 0.1) is 0 Å².